The van der Waals surface area contributed by atoms with Crippen LogP contribution in [0.1, 0.15) is 61.7 Å². The number of rotatable bonds is 13. The Balaban J connectivity index is 1.37. The maximum atomic E-state index is 12.5. The van der Waals surface area contributed by atoms with Gasteiger partial charge in [0.1, 0.15) is 29.4 Å². The van der Waals surface area contributed by atoms with Gasteiger partial charge in [0.2, 0.25) is 5.89 Å². The summed E-state index contributed by atoms with van der Waals surface area (Å²) in [6.45, 7) is 7.77. The molecular weight excluding hydrogens is 538 g/mol. The number of aliphatic carboxylic acids is 1. The molecule has 0 aliphatic carbocycles. The van der Waals surface area contributed by atoms with Crippen molar-refractivity contribution in [1.82, 2.24) is 9.88 Å². The highest BCUT2D eigenvalue weighted by atomic mass is 16.5. The maximum absolute atomic E-state index is 12.5. The Morgan fingerprint density at radius 2 is 1.79 bits per heavy atom. The Morgan fingerprint density at radius 3 is 2.45 bits per heavy atom. The van der Waals surface area contributed by atoms with Crippen molar-refractivity contribution in [1.29, 1.82) is 0 Å². The van der Waals surface area contributed by atoms with Crippen LogP contribution in [0.15, 0.2) is 46.9 Å². The molecule has 0 spiro atoms. The van der Waals surface area contributed by atoms with E-state index in [1.54, 1.807) is 32.0 Å². The molecular formula is C32H41N3O7. The predicted molar refractivity (Wildman–Crippen MR) is 158 cm³/mol. The first-order chi connectivity index (χ1) is 20.1. The molecule has 1 saturated heterocycles. The van der Waals surface area contributed by atoms with Gasteiger partial charge in [0, 0.05) is 31.5 Å². The first-order valence-corrected chi connectivity index (χ1v) is 14.4. The number of ether oxygens (including phenoxy) is 3. The van der Waals surface area contributed by atoms with E-state index in [9.17, 15) is 9.59 Å². The fraction of sp³-hybridized carbons (Fsp3) is 0.469. The number of carboxylic acids is 1. The molecule has 2 heterocycles. The van der Waals surface area contributed by atoms with Gasteiger partial charge in [-0.1, -0.05) is 6.07 Å². The summed E-state index contributed by atoms with van der Waals surface area (Å²) in [7, 11) is 2.13. The normalized spacial score (nSPS) is 15.0. The molecule has 0 saturated carbocycles. The van der Waals surface area contributed by atoms with E-state index in [1.807, 2.05) is 31.2 Å². The standard InChI is InChI=1S/C32H41N3O7/c1-20(2)40-32(38)30(33)27-19-26(11-5-22(27)8-12-29(36)37)39-18-15-28-21(3)41-31(34-28)23-6-9-24(10-7-23)42-25-13-16-35(4)17-14-25/h5-7,9-11,19-20,25,30H,8,12-18,33H2,1-4H3,(H,36,37). The summed E-state index contributed by atoms with van der Waals surface area (Å²) in [6, 6.07) is 11.9. The zero-order chi connectivity index (χ0) is 30.2. The zero-order valence-corrected chi connectivity index (χ0v) is 24.8. The topological polar surface area (TPSA) is 137 Å². The summed E-state index contributed by atoms with van der Waals surface area (Å²) in [5.41, 5.74) is 9.02. The van der Waals surface area contributed by atoms with E-state index in [2.05, 4.69) is 16.9 Å². The van der Waals surface area contributed by atoms with Crippen molar-refractivity contribution < 1.29 is 33.3 Å². The number of carbonyl (C=O) groups excluding carboxylic acids is 1. The SMILES string of the molecule is Cc1oc(-c2ccc(OC3CCN(C)CC3)cc2)nc1CCOc1ccc(CCC(=O)O)c(C(N)C(=O)OC(C)C)c1. The first kappa shape index (κ1) is 31.1. The molecule has 2 aromatic carbocycles. The summed E-state index contributed by atoms with van der Waals surface area (Å²) in [5, 5.41) is 9.12. The van der Waals surface area contributed by atoms with Crippen LogP contribution in [0.2, 0.25) is 0 Å². The molecule has 4 rings (SSSR count). The average molecular weight is 580 g/mol. The Labute approximate surface area is 246 Å². The molecule has 10 nitrogen and oxygen atoms in total. The van der Waals surface area contributed by atoms with E-state index in [-0.39, 0.29) is 25.0 Å². The zero-order valence-electron chi connectivity index (χ0n) is 24.8. The lowest BCUT2D eigenvalue weighted by Gasteiger charge is -2.29. The molecule has 1 atom stereocenters. The molecule has 1 aliphatic rings. The number of carbonyl (C=O) groups is 2. The van der Waals surface area contributed by atoms with Crippen LogP contribution in [-0.2, 0) is 27.2 Å². The molecule has 3 N–H and O–H groups in total. The molecule has 1 aromatic heterocycles. The van der Waals surface area contributed by atoms with Crippen molar-refractivity contribution in [3.05, 3.63) is 65.0 Å². The summed E-state index contributed by atoms with van der Waals surface area (Å²) >= 11 is 0. The fourth-order valence-electron chi connectivity index (χ4n) is 4.87. The van der Waals surface area contributed by atoms with Crippen molar-refractivity contribution in [2.45, 2.75) is 71.1 Å². The van der Waals surface area contributed by atoms with Crippen molar-refractivity contribution in [3.8, 4) is 23.0 Å². The van der Waals surface area contributed by atoms with Gasteiger partial charge >= 0.3 is 11.9 Å². The summed E-state index contributed by atoms with van der Waals surface area (Å²) in [6.07, 6.45) is 2.62. The van der Waals surface area contributed by atoms with Crippen LogP contribution >= 0.6 is 0 Å². The summed E-state index contributed by atoms with van der Waals surface area (Å²) < 4.78 is 23.4. The third-order valence-electron chi connectivity index (χ3n) is 7.24. The number of likely N-dealkylation sites (tertiary alicyclic amines) is 1. The third-order valence-corrected chi connectivity index (χ3v) is 7.24. The smallest absolute Gasteiger partial charge is 0.327 e. The van der Waals surface area contributed by atoms with Gasteiger partial charge in [-0.3, -0.25) is 4.79 Å². The van der Waals surface area contributed by atoms with Crippen LogP contribution in [0.3, 0.4) is 0 Å². The minimum atomic E-state index is -1.05. The second kappa shape index (κ2) is 14.3. The van der Waals surface area contributed by atoms with Crippen molar-refractivity contribution in [3.63, 3.8) is 0 Å². The Bertz CT molecular complexity index is 1340. The fourth-order valence-corrected chi connectivity index (χ4v) is 4.87. The van der Waals surface area contributed by atoms with Crippen LogP contribution in [0.5, 0.6) is 11.5 Å². The number of aromatic nitrogens is 1. The molecule has 0 bridgehead atoms. The van der Waals surface area contributed by atoms with Crippen LogP contribution in [0, 0.1) is 6.92 Å². The monoisotopic (exact) mass is 579 g/mol. The molecule has 1 unspecified atom stereocenters. The van der Waals surface area contributed by atoms with Crippen molar-refractivity contribution in [2.75, 3.05) is 26.7 Å². The van der Waals surface area contributed by atoms with Gasteiger partial charge < -0.3 is 34.4 Å². The van der Waals surface area contributed by atoms with Crippen molar-refractivity contribution >= 4 is 11.9 Å². The number of aryl methyl sites for hydroxylation is 2. The van der Waals surface area contributed by atoms with Crippen LogP contribution in [0.25, 0.3) is 11.5 Å². The molecule has 1 fully saturated rings. The molecule has 3 aromatic rings. The number of oxazole rings is 1. The Hall–Kier alpha value is -3.89. The van der Waals surface area contributed by atoms with Crippen LogP contribution in [-0.4, -0.2) is 65.9 Å². The third kappa shape index (κ3) is 8.56. The van der Waals surface area contributed by atoms with Gasteiger partial charge in [-0.2, -0.15) is 0 Å². The minimum absolute atomic E-state index is 0.0823. The average Bonchev–Trinajstić information content (AvgIpc) is 3.33. The second-order valence-corrected chi connectivity index (χ2v) is 11.0. The van der Waals surface area contributed by atoms with Gasteiger partial charge in [-0.05, 0) is 94.6 Å². The Morgan fingerprint density at radius 1 is 1.10 bits per heavy atom. The molecule has 42 heavy (non-hydrogen) atoms. The molecule has 226 valence electrons. The van der Waals surface area contributed by atoms with E-state index in [0.717, 1.165) is 42.9 Å². The number of benzene rings is 2. The number of carboxylic acid groups (broad SMARTS) is 1. The van der Waals surface area contributed by atoms with Crippen LogP contribution in [0.4, 0.5) is 0 Å². The predicted octanol–water partition coefficient (Wildman–Crippen LogP) is 4.71. The lowest BCUT2D eigenvalue weighted by Crippen LogP contribution is -2.35. The second-order valence-electron chi connectivity index (χ2n) is 11.0. The van der Waals surface area contributed by atoms with E-state index in [0.29, 0.717) is 41.6 Å². The van der Waals surface area contributed by atoms with E-state index in [4.69, 9.17) is 29.5 Å². The first-order valence-electron chi connectivity index (χ1n) is 14.4. The number of nitrogens with two attached hydrogens (primary N) is 1. The lowest BCUT2D eigenvalue weighted by molar-refractivity contribution is -0.149. The minimum Gasteiger partial charge on any atom is -0.493 e. The number of hydrogen-bond donors (Lipinski definition) is 2. The van der Waals surface area contributed by atoms with Gasteiger partial charge in [0.15, 0.2) is 0 Å². The van der Waals surface area contributed by atoms with Crippen LogP contribution < -0.4 is 15.2 Å². The number of hydrogen-bond acceptors (Lipinski definition) is 9. The molecule has 0 amide bonds. The largest absolute Gasteiger partial charge is 0.493 e. The number of nitrogens with zero attached hydrogens (tertiary/aromatic N) is 2. The van der Waals surface area contributed by atoms with E-state index >= 15 is 0 Å². The van der Waals surface area contributed by atoms with Gasteiger partial charge in [0.25, 0.3) is 0 Å². The highest BCUT2D eigenvalue weighted by Gasteiger charge is 2.23. The summed E-state index contributed by atoms with van der Waals surface area (Å²) in [5.74, 6) is 1.09. The molecule has 10 heteroatoms. The maximum Gasteiger partial charge on any atom is 0.327 e. The van der Waals surface area contributed by atoms with Gasteiger partial charge in [-0.25, -0.2) is 9.78 Å². The number of esters is 1. The lowest BCUT2D eigenvalue weighted by atomic mass is 9.97. The number of piperidine rings is 1. The van der Waals surface area contributed by atoms with E-state index in [1.165, 1.54) is 0 Å². The highest BCUT2D eigenvalue weighted by molar-refractivity contribution is 5.78. The molecule has 0 radical (unpaired) electrons. The quantitative estimate of drug-likeness (QED) is 0.274. The van der Waals surface area contributed by atoms with E-state index < -0.39 is 18.0 Å². The van der Waals surface area contributed by atoms with Gasteiger partial charge in [-0.15, -0.1) is 0 Å². The summed E-state index contributed by atoms with van der Waals surface area (Å²) in [4.78, 5) is 30.6. The highest BCUT2D eigenvalue weighted by Crippen LogP contribution is 2.28. The Kier molecular flexibility index (Phi) is 10.6. The van der Waals surface area contributed by atoms with Gasteiger partial charge in [0.05, 0.1) is 18.4 Å². The van der Waals surface area contributed by atoms with Crippen molar-refractivity contribution in [2.24, 2.45) is 5.73 Å². The molecule has 1 aliphatic heterocycles.